The minimum absolute atomic E-state index is 0.119. The van der Waals surface area contributed by atoms with Gasteiger partial charge in [-0.15, -0.1) is 0 Å². The van der Waals surface area contributed by atoms with E-state index in [-0.39, 0.29) is 5.54 Å². The molecule has 0 aromatic rings. The van der Waals surface area contributed by atoms with E-state index in [4.69, 9.17) is 0 Å². The number of amides is 1. The van der Waals surface area contributed by atoms with E-state index in [0.29, 0.717) is 11.9 Å². The fraction of sp³-hybridized carbons (Fsp3) is 0.923. The fourth-order valence-corrected chi connectivity index (χ4v) is 2.51. The van der Waals surface area contributed by atoms with E-state index in [1.165, 1.54) is 12.8 Å². The number of nitrogens with zero attached hydrogens (tertiary/aromatic N) is 1. The monoisotopic (exact) mass is 224 g/mol. The molecule has 1 N–H and O–H groups in total. The minimum Gasteiger partial charge on any atom is -0.326 e. The fourth-order valence-electron chi connectivity index (χ4n) is 2.51. The Morgan fingerprint density at radius 3 is 2.50 bits per heavy atom. The largest absolute Gasteiger partial charge is 0.326 e. The van der Waals surface area contributed by atoms with Gasteiger partial charge in [-0.25, -0.2) is 0 Å². The zero-order chi connectivity index (χ0) is 11.8. The average molecular weight is 224 g/mol. The summed E-state index contributed by atoms with van der Waals surface area (Å²) in [7, 11) is 0. The molecule has 1 saturated heterocycles. The van der Waals surface area contributed by atoms with Crippen LogP contribution in [0.2, 0.25) is 0 Å². The molecule has 1 aliphatic heterocycles. The van der Waals surface area contributed by atoms with Gasteiger partial charge in [0.25, 0.3) is 0 Å². The number of hydrogen-bond donors (Lipinski definition) is 1. The summed E-state index contributed by atoms with van der Waals surface area (Å²) >= 11 is 0. The van der Waals surface area contributed by atoms with Crippen LogP contribution in [-0.2, 0) is 4.79 Å². The third-order valence-electron chi connectivity index (χ3n) is 3.94. The smallest absolute Gasteiger partial charge is 0.244 e. The van der Waals surface area contributed by atoms with Gasteiger partial charge in [0.15, 0.2) is 0 Å². The normalized spacial score (nSPS) is 24.5. The molecule has 1 aliphatic carbocycles. The zero-order valence-electron chi connectivity index (χ0n) is 10.8. The van der Waals surface area contributed by atoms with Crippen molar-refractivity contribution >= 4 is 5.91 Å². The predicted octanol–water partition coefficient (Wildman–Crippen LogP) is 2.12. The molecule has 1 saturated carbocycles. The van der Waals surface area contributed by atoms with Gasteiger partial charge < -0.3 is 4.90 Å². The number of carbonyl (C=O) groups is 1. The van der Waals surface area contributed by atoms with Gasteiger partial charge in [0, 0.05) is 6.04 Å². The second-order valence-electron chi connectivity index (χ2n) is 5.87. The lowest BCUT2D eigenvalue weighted by molar-refractivity contribution is -0.131. The van der Waals surface area contributed by atoms with Crippen LogP contribution in [0, 0.1) is 5.92 Å². The maximum absolute atomic E-state index is 12.1. The van der Waals surface area contributed by atoms with Crippen molar-refractivity contribution < 1.29 is 4.79 Å². The van der Waals surface area contributed by atoms with Crippen LogP contribution in [0.4, 0.5) is 0 Å². The molecule has 1 heterocycles. The number of nitrogens with one attached hydrogen (secondary N) is 1. The molecule has 3 nitrogen and oxygen atoms in total. The molecule has 2 fully saturated rings. The highest BCUT2D eigenvalue weighted by atomic mass is 16.2. The van der Waals surface area contributed by atoms with Crippen molar-refractivity contribution in [2.75, 3.05) is 6.67 Å². The Morgan fingerprint density at radius 1 is 1.31 bits per heavy atom. The highest BCUT2D eigenvalue weighted by Crippen LogP contribution is 2.40. The first-order valence-electron chi connectivity index (χ1n) is 6.61. The second kappa shape index (κ2) is 4.36. The van der Waals surface area contributed by atoms with Crippen molar-refractivity contribution in [1.82, 2.24) is 10.2 Å². The van der Waals surface area contributed by atoms with Gasteiger partial charge in [0.2, 0.25) is 5.91 Å². The molecule has 0 aromatic heterocycles. The lowest BCUT2D eigenvalue weighted by Gasteiger charge is -2.24. The Hall–Kier alpha value is -0.570. The first-order chi connectivity index (χ1) is 7.55. The van der Waals surface area contributed by atoms with Crippen LogP contribution >= 0.6 is 0 Å². The molecule has 0 radical (unpaired) electrons. The quantitative estimate of drug-likeness (QED) is 0.776. The molecular weight excluding hydrogens is 200 g/mol. The maximum Gasteiger partial charge on any atom is 0.244 e. The number of rotatable bonds is 5. The van der Waals surface area contributed by atoms with E-state index in [2.05, 4.69) is 26.1 Å². The van der Waals surface area contributed by atoms with Crippen LogP contribution in [0.5, 0.6) is 0 Å². The summed E-state index contributed by atoms with van der Waals surface area (Å²) in [6, 6.07) is 0.402. The van der Waals surface area contributed by atoms with Gasteiger partial charge in [0.05, 0.1) is 12.2 Å². The first kappa shape index (κ1) is 11.9. The van der Waals surface area contributed by atoms with Crippen LogP contribution < -0.4 is 5.32 Å². The van der Waals surface area contributed by atoms with Gasteiger partial charge in [-0.2, -0.15) is 0 Å². The SMILES string of the molecule is CC(C)CCCC(C)N1CNC2(CC2)C1=O. The highest BCUT2D eigenvalue weighted by molar-refractivity contribution is 5.91. The van der Waals surface area contributed by atoms with Crippen LogP contribution in [-0.4, -0.2) is 29.1 Å². The van der Waals surface area contributed by atoms with Crippen LogP contribution in [0.25, 0.3) is 0 Å². The number of hydrogen-bond acceptors (Lipinski definition) is 2. The molecule has 92 valence electrons. The standard InChI is InChI=1S/C13H24N2O/c1-10(2)5-4-6-11(3)15-9-14-13(7-8-13)12(15)16/h10-11,14H,4-9H2,1-3H3. The summed E-state index contributed by atoms with van der Waals surface area (Å²) in [4.78, 5) is 14.1. The lowest BCUT2D eigenvalue weighted by atomic mass is 10.0. The van der Waals surface area contributed by atoms with Gasteiger partial charge in [0.1, 0.15) is 0 Å². The Kier molecular flexibility index (Phi) is 3.24. The summed E-state index contributed by atoms with van der Waals surface area (Å²) in [6.45, 7) is 7.46. The summed E-state index contributed by atoms with van der Waals surface area (Å²) in [6.07, 6.45) is 5.73. The molecule has 1 atom stereocenters. The summed E-state index contributed by atoms with van der Waals surface area (Å²) in [5, 5.41) is 3.36. The van der Waals surface area contributed by atoms with Crippen molar-refractivity contribution in [3.05, 3.63) is 0 Å². The molecule has 2 rings (SSSR count). The Bertz CT molecular complexity index is 271. The maximum atomic E-state index is 12.1. The summed E-state index contributed by atoms with van der Waals surface area (Å²) in [5.41, 5.74) is -0.119. The van der Waals surface area contributed by atoms with Gasteiger partial charge >= 0.3 is 0 Å². The molecule has 2 aliphatic rings. The third-order valence-corrected chi connectivity index (χ3v) is 3.94. The Morgan fingerprint density at radius 2 is 2.00 bits per heavy atom. The van der Waals surface area contributed by atoms with E-state index < -0.39 is 0 Å². The van der Waals surface area contributed by atoms with Crippen molar-refractivity contribution in [3.63, 3.8) is 0 Å². The van der Waals surface area contributed by atoms with Crippen molar-refractivity contribution in [2.45, 2.75) is 64.5 Å². The van der Waals surface area contributed by atoms with E-state index in [1.807, 2.05) is 4.90 Å². The van der Waals surface area contributed by atoms with E-state index in [1.54, 1.807) is 0 Å². The number of carbonyl (C=O) groups excluding carboxylic acids is 1. The molecule has 0 bridgehead atoms. The average Bonchev–Trinajstić information content (AvgIpc) is 2.91. The van der Waals surface area contributed by atoms with Crippen molar-refractivity contribution in [1.29, 1.82) is 0 Å². The predicted molar refractivity (Wildman–Crippen MR) is 65.0 cm³/mol. The second-order valence-corrected chi connectivity index (χ2v) is 5.87. The van der Waals surface area contributed by atoms with Gasteiger partial charge in [-0.1, -0.05) is 26.7 Å². The molecule has 0 aromatic carbocycles. The van der Waals surface area contributed by atoms with E-state index in [0.717, 1.165) is 31.8 Å². The first-order valence-corrected chi connectivity index (χ1v) is 6.61. The molecule has 1 amide bonds. The van der Waals surface area contributed by atoms with Crippen molar-refractivity contribution in [3.8, 4) is 0 Å². The highest BCUT2D eigenvalue weighted by Gasteiger charge is 2.56. The van der Waals surface area contributed by atoms with Crippen LogP contribution in [0.15, 0.2) is 0 Å². The van der Waals surface area contributed by atoms with Crippen LogP contribution in [0.3, 0.4) is 0 Å². The summed E-state index contributed by atoms with van der Waals surface area (Å²) < 4.78 is 0. The van der Waals surface area contributed by atoms with Crippen molar-refractivity contribution in [2.24, 2.45) is 5.92 Å². The minimum atomic E-state index is -0.119. The van der Waals surface area contributed by atoms with Gasteiger partial charge in [-0.3, -0.25) is 10.1 Å². The molecule has 1 unspecified atom stereocenters. The molecule has 3 heteroatoms. The zero-order valence-corrected chi connectivity index (χ0v) is 10.8. The van der Waals surface area contributed by atoms with Gasteiger partial charge in [-0.05, 0) is 32.1 Å². The van der Waals surface area contributed by atoms with E-state index in [9.17, 15) is 4.79 Å². The lowest BCUT2D eigenvalue weighted by Crippen LogP contribution is -2.37. The Balaban J connectivity index is 1.77. The molecular formula is C13H24N2O. The van der Waals surface area contributed by atoms with Crippen LogP contribution in [0.1, 0.15) is 52.9 Å². The van der Waals surface area contributed by atoms with E-state index >= 15 is 0 Å². The molecule has 16 heavy (non-hydrogen) atoms. The topological polar surface area (TPSA) is 32.3 Å². The molecule has 1 spiro atoms. The Labute approximate surface area is 98.6 Å². The summed E-state index contributed by atoms with van der Waals surface area (Å²) in [5.74, 6) is 1.12. The third kappa shape index (κ3) is 2.24.